The standard InChI is InChI=1S/C21H33ClN5O7P.C15H20ClN5O4.C6H14ClO3P/c1-11(2)33-35(28,34-12(3)4)30-8-13-15-21(7,9-29-20(5,6)32-15)18(31-13)27-10-24-14-16(23)25-19(22)26-17(14)27;1-14(2)23-5-15(3)9(25-14)7(4-22)24-12(15)21-6-18-8-10(17)19-13(16)20-11(8)21;1-5(2)9-11(7,8)10-6(3)4/h10-13,15,18H,8-9H2,1-7H3,(H2,23,25,26);6-7,9,12,22H,4-5H2,1-3H3,(H2,17,19,20);5-6H,1-4H3/t13-,15?,18-,21+;7-,9?,12-,15+;/m11./s1. The number of aliphatic hydroxyl groups excluding tert-OH is 1. The maximum absolute atomic E-state index is 13.3. The molecule has 0 amide bonds. The molecule has 0 saturated carbocycles. The van der Waals surface area contributed by atoms with Crippen molar-refractivity contribution in [2.45, 2.75) is 170 Å². The van der Waals surface area contributed by atoms with Crippen LogP contribution < -0.4 is 11.5 Å². The smallest absolute Gasteiger partial charge is 0.394 e. The molecule has 24 nitrogen and oxygen atoms in total. The highest BCUT2D eigenvalue weighted by atomic mass is 35.7. The van der Waals surface area contributed by atoms with Crippen molar-refractivity contribution in [3.05, 3.63) is 23.2 Å². The average Bonchev–Trinajstić information content (AvgIpc) is 3.97. The van der Waals surface area contributed by atoms with Crippen LogP contribution >= 0.6 is 49.2 Å². The molecule has 400 valence electrons. The molecule has 2 unspecified atom stereocenters. The molecular weight excluding hydrogens is 1040 g/mol. The molecule has 4 fully saturated rings. The summed E-state index contributed by atoms with van der Waals surface area (Å²) < 4.78 is 91.2. The number of nitrogens with zero attached hydrogens (tertiary/aromatic N) is 8. The Kier molecular flexibility index (Phi) is 17.9. The van der Waals surface area contributed by atoms with Gasteiger partial charge in [0, 0.05) is 11.2 Å². The topological polar surface area (TPSA) is 295 Å². The normalized spacial score (nSPS) is 28.3. The van der Waals surface area contributed by atoms with Gasteiger partial charge in [0.05, 0.1) is 74.3 Å². The second-order valence-electron chi connectivity index (χ2n) is 19.9. The lowest BCUT2D eigenvalue weighted by molar-refractivity contribution is -0.314. The number of ether oxygens (including phenoxy) is 6. The van der Waals surface area contributed by atoms with Crippen LogP contribution in [0.5, 0.6) is 0 Å². The Morgan fingerprint density at radius 2 is 1.06 bits per heavy atom. The number of nitrogen functional groups attached to an aromatic ring is 2. The fourth-order valence-electron chi connectivity index (χ4n) is 8.47. The van der Waals surface area contributed by atoms with E-state index in [1.54, 1.807) is 77.2 Å². The van der Waals surface area contributed by atoms with Crippen molar-refractivity contribution in [2.75, 3.05) is 37.9 Å². The maximum atomic E-state index is 13.3. The maximum Gasteiger partial charge on any atom is 0.475 e. The van der Waals surface area contributed by atoms with Crippen LogP contribution in [0, 0.1) is 10.8 Å². The van der Waals surface area contributed by atoms with E-state index in [1.807, 2.05) is 41.5 Å². The second-order valence-corrected chi connectivity index (χ2v) is 24.7. The van der Waals surface area contributed by atoms with Gasteiger partial charge in [-0.15, -0.1) is 0 Å². The van der Waals surface area contributed by atoms with Crippen molar-refractivity contribution in [1.29, 1.82) is 0 Å². The molecule has 0 aliphatic carbocycles. The summed E-state index contributed by atoms with van der Waals surface area (Å²) in [7, 11) is -3.86. The largest absolute Gasteiger partial charge is 0.475 e. The summed E-state index contributed by atoms with van der Waals surface area (Å²) in [4.78, 5) is 25.1. The molecule has 4 aliphatic heterocycles. The average molecular weight is 1100 g/mol. The Labute approximate surface area is 427 Å². The molecule has 0 spiro atoms. The molecule has 4 aromatic heterocycles. The number of halogens is 3. The number of nitrogens with two attached hydrogens (primary N) is 2. The number of aliphatic hydroxyl groups is 1. The Morgan fingerprint density at radius 3 is 1.44 bits per heavy atom. The van der Waals surface area contributed by atoms with Gasteiger partial charge < -0.3 is 45.0 Å². The van der Waals surface area contributed by atoms with Crippen LogP contribution in [0.3, 0.4) is 0 Å². The number of hydrogen-bond acceptors (Lipinski definition) is 22. The van der Waals surface area contributed by atoms with Crippen LogP contribution in [0.15, 0.2) is 12.7 Å². The molecule has 5 N–H and O–H groups in total. The number of imidazole rings is 2. The minimum Gasteiger partial charge on any atom is -0.394 e. The third-order valence-electron chi connectivity index (χ3n) is 11.3. The van der Waals surface area contributed by atoms with Crippen molar-refractivity contribution in [3.63, 3.8) is 0 Å². The first-order chi connectivity index (χ1) is 32.8. The number of hydrogen-bond donors (Lipinski definition) is 3. The summed E-state index contributed by atoms with van der Waals surface area (Å²) >= 11 is 17.5. The fraction of sp³-hybridized carbons (Fsp3) is 0.762. The summed E-state index contributed by atoms with van der Waals surface area (Å²) in [5.74, 6) is -1.25. The van der Waals surface area contributed by atoms with E-state index in [4.69, 9.17) is 96.9 Å². The van der Waals surface area contributed by atoms with Crippen molar-refractivity contribution in [3.8, 4) is 0 Å². The van der Waals surface area contributed by atoms with Crippen LogP contribution in [0.25, 0.3) is 22.3 Å². The van der Waals surface area contributed by atoms with Gasteiger partial charge in [-0.25, -0.2) is 19.1 Å². The molecule has 8 rings (SSSR count). The summed E-state index contributed by atoms with van der Waals surface area (Å²) in [5, 5.41) is 9.79. The highest BCUT2D eigenvalue weighted by molar-refractivity contribution is 7.81. The van der Waals surface area contributed by atoms with E-state index in [0.29, 0.717) is 35.5 Å². The predicted octanol–water partition coefficient (Wildman–Crippen LogP) is 8.38. The number of rotatable bonds is 14. The summed E-state index contributed by atoms with van der Waals surface area (Å²) in [6.45, 7) is 22.4. The third kappa shape index (κ3) is 13.3. The molecule has 8 heterocycles. The van der Waals surface area contributed by atoms with Gasteiger partial charge in [0.15, 0.2) is 34.5 Å². The number of phosphoric acid groups is 1. The van der Waals surface area contributed by atoms with Crippen LogP contribution in [0.1, 0.15) is 109 Å². The minimum atomic E-state index is -3.86. The first-order valence-electron chi connectivity index (χ1n) is 23.0. The van der Waals surface area contributed by atoms with Gasteiger partial charge in [0.1, 0.15) is 47.9 Å². The van der Waals surface area contributed by atoms with Gasteiger partial charge in [0.25, 0.3) is 0 Å². The van der Waals surface area contributed by atoms with E-state index >= 15 is 0 Å². The van der Waals surface area contributed by atoms with Crippen LogP contribution in [-0.2, 0) is 60.2 Å². The third-order valence-corrected chi connectivity index (χ3v) is 15.3. The predicted molar refractivity (Wildman–Crippen MR) is 262 cm³/mol. The monoisotopic (exact) mass is 1100 g/mol. The van der Waals surface area contributed by atoms with Gasteiger partial charge in [-0.1, -0.05) is 13.8 Å². The van der Waals surface area contributed by atoms with E-state index in [-0.39, 0.29) is 65.9 Å². The van der Waals surface area contributed by atoms with E-state index < -0.39 is 67.9 Å². The van der Waals surface area contributed by atoms with Crippen molar-refractivity contribution in [1.82, 2.24) is 39.0 Å². The molecule has 4 aliphatic rings. The Bertz CT molecular complexity index is 2560. The molecule has 29 heteroatoms. The molecule has 0 bridgehead atoms. The molecule has 8 atom stereocenters. The molecule has 4 aromatic rings. The van der Waals surface area contributed by atoms with Crippen molar-refractivity contribution < 1.29 is 65.3 Å². The summed E-state index contributed by atoms with van der Waals surface area (Å²) in [6.07, 6.45) is -1.08. The molecule has 71 heavy (non-hydrogen) atoms. The lowest BCUT2D eigenvalue weighted by Gasteiger charge is -2.45. The van der Waals surface area contributed by atoms with Crippen LogP contribution in [0.4, 0.5) is 11.6 Å². The van der Waals surface area contributed by atoms with Gasteiger partial charge in [-0.05, 0) is 106 Å². The molecule has 0 radical (unpaired) electrons. The summed E-state index contributed by atoms with van der Waals surface area (Å²) in [5.41, 5.74) is 12.3. The molecule has 4 saturated heterocycles. The number of anilines is 2. The van der Waals surface area contributed by atoms with E-state index in [0.717, 1.165) is 0 Å². The van der Waals surface area contributed by atoms with Gasteiger partial charge in [-0.2, -0.15) is 19.9 Å². The fourth-order valence-corrected chi connectivity index (χ4v) is 12.4. The minimum absolute atomic E-state index is 0.00813. The van der Waals surface area contributed by atoms with Gasteiger partial charge >= 0.3 is 14.8 Å². The van der Waals surface area contributed by atoms with Crippen LogP contribution in [0.2, 0.25) is 10.6 Å². The Hall–Kier alpha value is -2.45. The zero-order valence-corrected chi connectivity index (χ0v) is 46.3. The quantitative estimate of drug-likeness (QED) is 0.0788. The van der Waals surface area contributed by atoms with Crippen molar-refractivity contribution >= 4 is 83.2 Å². The first kappa shape index (κ1) is 57.8. The SMILES string of the molecule is CC(C)OP(=O)(Cl)OC(C)C.CC(C)OP(=O)(OC[C@H]1O[C@@H](n2cnc3c(N)nc(Cl)nc32)[C@@]2(C)COC(C)(C)OC12)OC(C)C.CC1(C)OC[C@@]2(C)C(O1)[C@@H](CO)O[C@H]2n1cnc2c(N)nc(Cl)nc21. The zero-order chi connectivity index (χ0) is 52.8. The second kappa shape index (κ2) is 22.0. The van der Waals surface area contributed by atoms with Crippen molar-refractivity contribution in [2.24, 2.45) is 10.8 Å². The Morgan fingerprint density at radius 1 is 0.676 bits per heavy atom. The Balaban J connectivity index is 0.000000199. The number of phosphoric ester groups is 1. The summed E-state index contributed by atoms with van der Waals surface area (Å²) in [6, 6.07) is 0. The van der Waals surface area contributed by atoms with E-state index in [1.165, 1.54) is 0 Å². The zero-order valence-electron chi connectivity index (χ0n) is 42.3. The van der Waals surface area contributed by atoms with Gasteiger partial charge in [0.2, 0.25) is 10.6 Å². The van der Waals surface area contributed by atoms with Crippen LogP contribution in [-0.4, -0.2) is 131 Å². The number of fused-ring (bicyclic) bond motifs is 4. The molecular formula is C42H67Cl3N10O14P2. The highest BCUT2D eigenvalue weighted by Gasteiger charge is 2.62. The van der Waals surface area contributed by atoms with E-state index in [9.17, 15) is 14.2 Å². The first-order valence-corrected chi connectivity index (χ1v) is 27.6. The lowest BCUT2D eigenvalue weighted by atomic mass is 9.81. The molecule has 0 aromatic carbocycles. The van der Waals surface area contributed by atoms with Gasteiger partial charge in [-0.3, -0.25) is 31.8 Å². The highest BCUT2D eigenvalue weighted by Crippen LogP contribution is 2.57. The number of aromatic nitrogens is 8. The van der Waals surface area contributed by atoms with E-state index in [2.05, 4.69) is 29.9 Å². The lowest BCUT2D eigenvalue weighted by Crippen LogP contribution is -2.54.